The van der Waals surface area contributed by atoms with Gasteiger partial charge in [0, 0.05) is 26.7 Å². The standard InChI is InChI=1S/C21H30N4O/c1-22-21(23-13-8-14-26-20-11-5-4-6-12-20)24-16-18-9-7-10-19(15-18)17-25(2)3/h4-7,9-12,15H,8,13-14,16-17H2,1-3H3,(H2,22,23,24). The smallest absolute Gasteiger partial charge is 0.191 e. The average molecular weight is 354 g/mol. The Morgan fingerprint density at radius 1 is 1.00 bits per heavy atom. The molecule has 0 spiro atoms. The van der Waals surface area contributed by atoms with Crippen molar-refractivity contribution < 1.29 is 4.74 Å². The summed E-state index contributed by atoms with van der Waals surface area (Å²) >= 11 is 0. The lowest BCUT2D eigenvalue weighted by atomic mass is 10.1. The molecule has 0 aliphatic rings. The summed E-state index contributed by atoms with van der Waals surface area (Å²) in [6, 6.07) is 18.5. The summed E-state index contributed by atoms with van der Waals surface area (Å²) in [4.78, 5) is 6.45. The maximum absolute atomic E-state index is 5.69. The molecule has 0 saturated carbocycles. The van der Waals surface area contributed by atoms with Crippen LogP contribution in [0, 0.1) is 0 Å². The first kappa shape index (κ1) is 19.8. The van der Waals surface area contributed by atoms with Crippen molar-refractivity contribution in [3.8, 4) is 5.75 Å². The fourth-order valence-corrected chi connectivity index (χ4v) is 2.60. The molecule has 0 saturated heterocycles. The Bertz CT molecular complexity index is 671. The van der Waals surface area contributed by atoms with Crippen molar-refractivity contribution in [1.29, 1.82) is 0 Å². The summed E-state index contributed by atoms with van der Waals surface area (Å²) < 4.78 is 5.69. The first-order valence-corrected chi connectivity index (χ1v) is 9.02. The molecule has 2 aromatic carbocycles. The van der Waals surface area contributed by atoms with Gasteiger partial charge in [0.2, 0.25) is 0 Å². The number of guanidine groups is 1. The second kappa shape index (κ2) is 11.2. The van der Waals surface area contributed by atoms with E-state index in [0.717, 1.165) is 37.8 Å². The number of hydrogen-bond donors (Lipinski definition) is 2. The van der Waals surface area contributed by atoms with Gasteiger partial charge in [-0.1, -0.05) is 42.5 Å². The lowest BCUT2D eigenvalue weighted by molar-refractivity contribution is 0.311. The highest BCUT2D eigenvalue weighted by Crippen LogP contribution is 2.08. The summed E-state index contributed by atoms with van der Waals surface area (Å²) in [6.07, 6.45) is 0.911. The Hall–Kier alpha value is -2.53. The average Bonchev–Trinajstić information content (AvgIpc) is 2.64. The molecule has 26 heavy (non-hydrogen) atoms. The minimum Gasteiger partial charge on any atom is -0.494 e. The fraction of sp³-hybridized carbons (Fsp3) is 0.381. The Morgan fingerprint density at radius 3 is 2.50 bits per heavy atom. The van der Waals surface area contributed by atoms with E-state index in [1.54, 1.807) is 7.05 Å². The number of ether oxygens (including phenoxy) is 1. The molecule has 0 unspecified atom stereocenters. The summed E-state index contributed by atoms with van der Waals surface area (Å²) in [5.41, 5.74) is 2.56. The molecule has 0 radical (unpaired) electrons. The predicted octanol–water partition coefficient (Wildman–Crippen LogP) is 2.88. The Morgan fingerprint density at radius 2 is 1.77 bits per heavy atom. The van der Waals surface area contributed by atoms with E-state index in [1.807, 2.05) is 30.3 Å². The van der Waals surface area contributed by atoms with Crippen molar-refractivity contribution >= 4 is 5.96 Å². The number of aliphatic imine (C=N–C) groups is 1. The van der Waals surface area contributed by atoms with Crippen LogP contribution in [0.2, 0.25) is 0 Å². The normalized spacial score (nSPS) is 11.5. The van der Waals surface area contributed by atoms with E-state index < -0.39 is 0 Å². The maximum Gasteiger partial charge on any atom is 0.191 e. The quantitative estimate of drug-likeness (QED) is 0.413. The molecule has 0 aliphatic heterocycles. The topological polar surface area (TPSA) is 48.9 Å². The molecule has 0 aromatic heterocycles. The predicted molar refractivity (Wildman–Crippen MR) is 109 cm³/mol. The monoisotopic (exact) mass is 354 g/mol. The van der Waals surface area contributed by atoms with Gasteiger partial charge in [-0.05, 0) is 43.8 Å². The van der Waals surface area contributed by atoms with Crippen molar-refractivity contribution in [2.45, 2.75) is 19.5 Å². The van der Waals surface area contributed by atoms with E-state index in [2.05, 4.69) is 58.9 Å². The van der Waals surface area contributed by atoms with Crippen molar-refractivity contribution in [2.24, 2.45) is 4.99 Å². The molecule has 0 aliphatic carbocycles. The molecule has 2 aromatic rings. The van der Waals surface area contributed by atoms with E-state index in [9.17, 15) is 0 Å². The number of hydrogen-bond acceptors (Lipinski definition) is 3. The highest BCUT2D eigenvalue weighted by molar-refractivity contribution is 5.79. The Kier molecular flexibility index (Phi) is 8.49. The first-order valence-electron chi connectivity index (χ1n) is 9.02. The van der Waals surface area contributed by atoms with Crippen LogP contribution in [-0.4, -0.2) is 45.2 Å². The van der Waals surface area contributed by atoms with E-state index in [4.69, 9.17) is 4.74 Å². The van der Waals surface area contributed by atoms with Crippen LogP contribution in [0.1, 0.15) is 17.5 Å². The molecule has 2 rings (SSSR count). The van der Waals surface area contributed by atoms with Crippen LogP contribution >= 0.6 is 0 Å². The first-order chi connectivity index (χ1) is 12.7. The lowest BCUT2D eigenvalue weighted by Gasteiger charge is -2.14. The third kappa shape index (κ3) is 7.57. The number of para-hydroxylation sites is 1. The van der Waals surface area contributed by atoms with Crippen LogP contribution in [0.25, 0.3) is 0 Å². The molecular weight excluding hydrogens is 324 g/mol. The SMILES string of the molecule is CN=C(NCCCOc1ccccc1)NCc1cccc(CN(C)C)c1. The minimum absolute atomic E-state index is 0.681. The van der Waals surface area contributed by atoms with Gasteiger partial charge in [-0.2, -0.15) is 0 Å². The molecule has 0 atom stereocenters. The van der Waals surface area contributed by atoms with E-state index in [0.29, 0.717) is 6.61 Å². The summed E-state index contributed by atoms with van der Waals surface area (Å²) in [6.45, 7) is 3.19. The van der Waals surface area contributed by atoms with Gasteiger partial charge in [0.05, 0.1) is 6.61 Å². The second-order valence-corrected chi connectivity index (χ2v) is 6.43. The molecule has 140 valence electrons. The summed E-state index contributed by atoms with van der Waals surface area (Å²) in [5.74, 6) is 1.72. The summed E-state index contributed by atoms with van der Waals surface area (Å²) in [5, 5.41) is 6.68. The van der Waals surface area contributed by atoms with Gasteiger partial charge in [-0.15, -0.1) is 0 Å². The maximum atomic E-state index is 5.69. The van der Waals surface area contributed by atoms with Gasteiger partial charge in [-0.3, -0.25) is 4.99 Å². The van der Waals surface area contributed by atoms with Gasteiger partial charge >= 0.3 is 0 Å². The number of nitrogens with one attached hydrogen (secondary N) is 2. The number of nitrogens with zero attached hydrogens (tertiary/aromatic N) is 2. The molecule has 0 fully saturated rings. The molecule has 0 bridgehead atoms. The Balaban J connectivity index is 1.67. The molecule has 5 heteroatoms. The van der Waals surface area contributed by atoms with E-state index in [1.165, 1.54) is 11.1 Å². The van der Waals surface area contributed by atoms with Gasteiger partial charge in [0.1, 0.15) is 5.75 Å². The second-order valence-electron chi connectivity index (χ2n) is 6.43. The minimum atomic E-state index is 0.681. The van der Waals surface area contributed by atoms with Crippen LogP contribution in [0.3, 0.4) is 0 Å². The zero-order valence-electron chi connectivity index (χ0n) is 16.0. The molecule has 0 amide bonds. The third-order valence-corrected chi connectivity index (χ3v) is 3.80. The highest BCUT2D eigenvalue weighted by Gasteiger charge is 2.01. The van der Waals surface area contributed by atoms with Crippen LogP contribution in [0.5, 0.6) is 5.75 Å². The Labute approximate surface area is 157 Å². The molecule has 5 nitrogen and oxygen atoms in total. The van der Waals surface area contributed by atoms with Crippen molar-refractivity contribution in [1.82, 2.24) is 15.5 Å². The van der Waals surface area contributed by atoms with Crippen LogP contribution in [0.4, 0.5) is 0 Å². The third-order valence-electron chi connectivity index (χ3n) is 3.80. The van der Waals surface area contributed by atoms with Crippen LogP contribution < -0.4 is 15.4 Å². The molecular formula is C21H30N4O. The molecule has 0 heterocycles. The zero-order valence-corrected chi connectivity index (χ0v) is 16.0. The largest absolute Gasteiger partial charge is 0.494 e. The summed E-state index contributed by atoms with van der Waals surface area (Å²) in [7, 11) is 5.95. The zero-order chi connectivity index (χ0) is 18.6. The van der Waals surface area contributed by atoms with Crippen molar-refractivity contribution in [3.05, 3.63) is 65.7 Å². The lowest BCUT2D eigenvalue weighted by Crippen LogP contribution is -2.37. The number of benzene rings is 2. The number of rotatable bonds is 9. The highest BCUT2D eigenvalue weighted by atomic mass is 16.5. The molecule has 2 N–H and O–H groups in total. The van der Waals surface area contributed by atoms with Crippen molar-refractivity contribution in [2.75, 3.05) is 34.3 Å². The van der Waals surface area contributed by atoms with Gasteiger partial charge in [0.25, 0.3) is 0 Å². The van der Waals surface area contributed by atoms with Gasteiger partial charge < -0.3 is 20.3 Å². The van der Waals surface area contributed by atoms with Crippen molar-refractivity contribution in [3.63, 3.8) is 0 Å². The van der Waals surface area contributed by atoms with E-state index in [-0.39, 0.29) is 0 Å². The van der Waals surface area contributed by atoms with Gasteiger partial charge in [0.15, 0.2) is 5.96 Å². The van der Waals surface area contributed by atoms with Crippen LogP contribution in [0.15, 0.2) is 59.6 Å². The van der Waals surface area contributed by atoms with Crippen LogP contribution in [-0.2, 0) is 13.1 Å². The fourth-order valence-electron chi connectivity index (χ4n) is 2.60. The van der Waals surface area contributed by atoms with E-state index >= 15 is 0 Å². The van der Waals surface area contributed by atoms with Gasteiger partial charge in [-0.25, -0.2) is 0 Å².